The molecular weight excluding hydrogens is 394 g/mol. The number of hydrogen-bond donors (Lipinski definition) is 1. The Kier molecular flexibility index (Phi) is 5.61. The lowest BCUT2D eigenvalue weighted by molar-refractivity contribution is -0.385. The third kappa shape index (κ3) is 4.56. The van der Waals surface area contributed by atoms with Gasteiger partial charge in [-0.15, -0.1) is 0 Å². The van der Waals surface area contributed by atoms with Gasteiger partial charge < -0.3 is 4.90 Å². The van der Waals surface area contributed by atoms with Gasteiger partial charge in [0, 0.05) is 36.0 Å². The Morgan fingerprint density at radius 1 is 1.21 bits per heavy atom. The second kappa shape index (κ2) is 7.82. The summed E-state index contributed by atoms with van der Waals surface area (Å²) >= 11 is 0. The highest BCUT2D eigenvalue weighted by Crippen LogP contribution is 2.35. The zero-order valence-corrected chi connectivity index (χ0v) is 17.3. The quantitative estimate of drug-likeness (QED) is 0.547. The van der Waals surface area contributed by atoms with Crippen molar-refractivity contribution in [3.05, 3.63) is 63.7 Å². The van der Waals surface area contributed by atoms with Crippen LogP contribution in [0.5, 0.6) is 0 Å². The topological polar surface area (TPSA) is 110 Å². The van der Waals surface area contributed by atoms with Gasteiger partial charge in [-0.3, -0.25) is 19.6 Å². The van der Waals surface area contributed by atoms with E-state index in [1.165, 1.54) is 24.3 Å². The van der Waals surface area contributed by atoms with E-state index in [0.717, 1.165) is 18.9 Å². The standard InChI is InChI=1S/C20H23N3O5S/c1-13-4-11-18(12-19(13)23(25)26)29(27,28)21-17-9-7-16(8-10-17)20(24)22(3)14(2)15-5-6-15/h4,7-12,14-15,21H,5-6H2,1-3H3. The number of aryl methyl sites for hydroxylation is 1. The summed E-state index contributed by atoms with van der Waals surface area (Å²) in [6, 6.07) is 10.0. The number of carbonyl (C=O) groups is 1. The van der Waals surface area contributed by atoms with E-state index in [4.69, 9.17) is 0 Å². The summed E-state index contributed by atoms with van der Waals surface area (Å²) in [6.07, 6.45) is 2.27. The molecule has 1 atom stereocenters. The minimum Gasteiger partial charge on any atom is -0.339 e. The molecule has 1 unspecified atom stereocenters. The van der Waals surface area contributed by atoms with Gasteiger partial charge in [0.2, 0.25) is 0 Å². The molecule has 9 heteroatoms. The van der Waals surface area contributed by atoms with E-state index in [1.807, 2.05) is 6.92 Å². The van der Waals surface area contributed by atoms with Gasteiger partial charge in [0.25, 0.3) is 21.6 Å². The zero-order chi connectivity index (χ0) is 21.3. The third-order valence-electron chi connectivity index (χ3n) is 5.31. The molecule has 1 saturated carbocycles. The Morgan fingerprint density at radius 3 is 2.38 bits per heavy atom. The van der Waals surface area contributed by atoms with Crippen LogP contribution in [-0.2, 0) is 10.0 Å². The first-order valence-electron chi connectivity index (χ1n) is 9.25. The number of hydrogen-bond acceptors (Lipinski definition) is 5. The molecule has 1 aliphatic rings. The first-order chi connectivity index (χ1) is 13.6. The van der Waals surface area contributed by atoms with E-state index in [1.54, 1.807) is 31.0 Å². The average molecular weight is 417 g/mol. The van der Waals surface area contributed by atoms with Crippen molar-refractivity contribution >= 4 is 27.3 Å². The molecule has 1 fully saturated rings. The molecule has 1 N–H and O–H groups in total. The maximum absolute atomic E-state index is 12.6. The fraction of sp³-hybridized carbons (Fsp3) is 0.350. The minimum atomic E-state index is -4.00. The predicted octanol–water partition coefficient (Wildman–Crippen LogP) is 3.57. The molecule has 2 aromatic rings. The van der Waals surface area contributed by atoms with Crippen molar-refractivity contribution in [2.75, 3.05) is 11.8 Å². The molecule has 0 spiro atoms. The molecule has 1 aliphatic carbocycles. The molecule has 0 aromatic heterocycles. The summed E-state index contributed by atoms with van der Waals surface area (Å²) in [4.78, 5) is 24.5. The number of sulfonamides is 1. The summed E-state index contributed by atoms with van der Waals surface area (Å²) in [5.41, 5.74) is 0.847. The van der Waals surface area contributed by atoms with E-state index in [9.17, 15) is 23.3 Å². The second-order valence-corrected chi connectivity index (χ2v) is 9.06. The van der Waals surface area contributed by atoms with Gasteiger partial charge in [0.05, 0.1) is 9.82 Å². The number of carbonyl (C=O) groups excluding carboxylic acids is 1. The van der Waals surface area contributed by atoms with Gasteiger partial charge in [-0.2, -0.15) is 0 Å². The first-order valence-corrected chi connectivity index (χ1v) is 10.7. The largest absolute Gasteiger partial charge is 0.339 e. The van der Waals surface area contributed by atoms with Crippen LogP contribution < -0.4 is 4.72 Å². The van der Waals surface area contributed by atoms with Crippen LogP contribution >= 0.6 is 0 Å². The highest BCUT2D eigenvalue weighted by Gasteiger charge is 2.32. The van der Waals surface area contributed by atoms with Gasteiger partial charge in [-0.25, -0.2) is 8.42 Å². The van der Waals surface area contributed by atoms with Gasteiger partial charge in [0.15, 0.2) is 0 Å². The van der Waals surface area contributed by atoms with Crippen molar-refractivity contribution < 1.29 is 18.1 Å². The molecule has 1 amide bonds. The average Bonchev–Trinajstić information content (AvgIpc) is 3.51. The fourth-order valence-electron chi connectivity index (χ4n) is 3.13. The Labute approximate surface area is 169 Å². The number of nitrogens with one attached hydrogen (secondary N) is 1. The van der Waals surface area contributed by atoms with Crippen molar-refractivity contribution in [3.8, 4) is 0 Å². The van der Waals surface area contributed by atoms with E-state index >= 15 is 0 Å². The Morgan fingerprint density at radius 2 is 1.83 bits per heavy atom. The third-order valence-corrected chi connectivity index (χ3v) is 6.69. The SMILES string of the molecule is Cc1ccc(S(=O)(=O)Nc2ccc(C(=O)N(C)C(C)C3CC3)cc2)cc1[N+](=O)[O-]. The van der Waals surface area contributed by atoms with E-state index in [0.29, 0.717) is 17.0 Å². The Hall–Kier alpha value is -2.94. The number of nitrogens with zero attached hydrogens (tertiary/aromatic N) is 2. The summed E-state index contributed by atoms with van der Waals surface area (Å²) in [6.45, 7) is 3.57. The zero-order valence-electron chi connectivity index (χ0n) is 16.5. The summed E-state index contributed by atoms with van der Waals surface area (Å²) in [5, 5.41) is 11.1. The van der Waals surface area contributed by atoms with Gasteiger partial charge >= 0.3 is 0 Å². The molecule has 0 bridgehead atoms. The smallest absolute Gasteiger partial charge is 0.273 e. The summed E-state index contributed by atoms with van der Waals surface area (Å²) in [5.74, 6) is 0.432. The minimum absolute atomic E-state index is 0.118. The normalized spacial score (nSPS) is 14.9. The van der Waals surface area contributed by atoms with Gasteiger partial charge in [0.1, 0.15) is 0 Å². The van der Waals surface area contributed by atoms with Gasteiger partial charge in [-0.05, 0) is 62.9 Å². The molecule has 8 nitrogen and oxygen atoms in total. The van der Waals surface area contributed by atoms with Crippen molar-refractivity contribution in [1.29, 1.82) is 0 Å². The van der Waals surface area contributed by atoms with Gasteiger partial charge in [-0.1, -0.05) is 6.07 Å². The number of nitro benzene ring substituents is 1. The molecular formula is C20H23N3O5S. The van der Waals surface area contributed by atoms with E-state index in [2.05, 4.69) is 4.72 Å². The van der Waals surface area contributed by atoms with E-state index in [-0.39, 0.29) is 28.2 Å². The molecule has 29 heavy (non-hydrogen) atoms. The molecule has 3 rings (SSSR count). The molecule has 154 valence electrons. The Bertz CT molecular complexity index is 1050. The first kappa shape index (κ1) is 20.8. The maximum Gasteiger partial charge on any atom is 0.273 e. The van der Waals surface area contributed by atoms with Crippen LogP contribution in [0, 0.1) is 23.0 Å². The van der Waals surface area contributed by atoms with E-state index < -0.39 is 14.9 Å². The molecule has 2 aromatic carbocycles. The van der Waals surface area contributed by atoms with Crippen LogP contribution in [0.3, 0.4) is 0 Å². The fourth-order valence-corrected chi connectivity index (χ4v) is 4.21. The molecule has 0 saturated heterocycles. The van der Waals surface area contributed by atoms with Crippen molar-refractivity contribution in [2.45, 2.75) is 37.6 Å². The molecule has 0 aliphatic heterocycles. The highest BCUT2D eigenvalue weighted by atomic mass is 32.2. The molecule has 0 heterocycles. The number of benzene rings is 2. The van der Waals surface area contributed by atoms with Crippen molar-refractivity contribution in [2.24, 2.45) is 5.92 Å². The number of anilines is 1. The van der Waals surface area contributed by atoms with Crippen LogP contribution in [-0.4, -0.2) is 37.2 Å². The predicted molar refractivity (Wildman–Crippen MR) is 109 cm³/mol. The lowest BCUT2D eigenvalue weighted by atomic mass is 10.1. The molecule has 0 radical (unpaired) electrons. The van der Waals surface area contributed by atoms with Crippen molar-refractivity contribution in [1.82, 2.24) is 4.90 Å². The monoisotopic (exact) mass is 417 g/mol. The lowest BCUT2D eigenvalue weighted by Gasteiger charge is -2.25. The highest BCUT2D eigenvalue weighted by molar-refractivity contribution is 7.92. The van der Waals surface area contributed by atoms with Crippen LogP contribution in [0.4, 0.5) is 11.4 Å². The number of rotatable bonds is 7. The van der Waals surface area contributed by atoms with Crippen LogP contribution in [0.1, 0.15) is 35.7 Å². The number of amides is 1. The second-order valence-electron chi connectivity index (χ2n) is 7.38. The van der Waals surface area contributed by atoms with Crippen molar-refractivity contribution in [3.63, 3.8) is 0 Å². The Balaban J connectivity index is 1.76. The number of nitro groups is 1. The summed E-state index contributed by atoms with van der Waals surface area (Å²) < 4.78 is 27.5. The van der Waals surface area contributed by atoms with Crippen LogP contribution in [0.25, 0.3) is 0 Å². The maximum atomic E-state index is 12.6. The lowest BCUT2D eigenvalue weighted by Crippen LogP contribution is -2.36. The van der Waals surface area contributed by atoms with Crippen LogP contribution in [0.15, 0.2) is 47.4 Å². The van der Waals surface area contributed by atoms with Crippen LogP contribution in [0.2, 0.25) is 0 Å². The summed E-state index contributed by atoms with van der Waals surface area (Å²) in [7, 11) is -2.23.